The first-order valence-corrected chi connectivity index (χ1v) is 9.26. The van der Waals surface area contributed by atoms with Crippen LogP contribution >= 0.6 is 0 Å². The number of piperidine rings is 1. The molecule has 0 aromatic rings. The monoisotopic (exact) mass is 328 g/mol. The van der Waals surface area contributed by atoms with Crippen LogP contribution in [0.25, 0.3) is 0 Å². The summed E-state index contributed by atoms with van der Waals surface area (Å²) in [6.07, 6.45) is 8.27. The number of ketones is 1. The minimum Gasteiger partial charge on any atom is -0.342 e. The molecule has 2 atom stereocenters. The lowest BCUT2D eigenvalue weighted by atomic mass is 9.55. The largest absolute Gasteiger partial charge is 0.342 e. The Hall–Kier alpha value is -1.63. The molecule has 2 aliphatic carbocycles. The van der Waals surface area contributed by atoms with E-state index in [1.165, 1.54) is 6.42 Å². The predicted octanol–water partition coefficient (Wildman–Crippen LogP) is 3.48. The molecule has 0 bridgehead atoms. The number of fused-ring (bicyclic) bond motifs is 1. The minimum atomic E-state index is -0.533. The van der Waals surface area contributed by atoms with E-state index in [4.69, 9.17) is 0 Å². The average Bonchev–Trinajstić information content (AvgIpc) is 2.58. The van der Waals surface area contributed by atoms with Crippen LogP contribution < -0.4 is 0 Å². The third-order valence-electron chi connectivity index (χ3n) is 6.58. The lowest BCUT2D eigenvalue weighted by Crippen LogP contribution is -2.57. The van der Waals surface area contributed by atoms with E-state index >= 15 is 0 Å². The molecule has 4 nitrogen and oxygen atoms in total. The molecule has 1 heterocycles. The van der Waals surface area contributed by atoms with Gasteiger partial charge in [-0.3, -0.25) is 9.59 Å². The molecular formula is C20H28N2O2. The maximum atomic E-state index is 12.9. The number of carbonyl (C=O) groups excluding carboxylic acids is 2. The lowest BCUT2D eigenvalue weighted by molar-refractivity contribution is -0.144. The van der Waals surface area contributed by atoms with Crippen LogP contribution in [0.2, 0.25) is 0 Å². The van der Waals surface area contributed by atoms with E-state index in [-0.39, 0.29) is 34.5 Å². The number of carbonyl (C=O) groups is 2. The van der Waals surface area contributed by atoms with Crippen LogP contribution in [0.1, 0.15) is 59.3 Å². The molecular weight excluding hydrogens is 300 g/mol. The van der Waals surface area contributed by atoms with Crippen molar-refractivity contribution in [2.24, 2.45) is 22.7 Å². The van der Waals surface area contributed by atoms with Gasteiger partial charge in [0.25, 0.3) is 0 Å². The average molecular weight is 328 g/mol. The van der Waals surface area contributed by atoms with Crippen LogP contribution in [0.5, 0.6) is 0 Å². The Labute approximate surface area is 144 Å². The Morgan fingerprint density at radius 1 is 1.21 bits per heavy atom. The van der Waals surface area contributed by atoms with E-state index in [9.17, 15) is 14.9 Å². The molecule has 1 saturated heterocycles. The minimum absolute atomic E-state index is 0.0421. The first-order valence-electron chi connectivity index (χ1n) is 9.26. The third-order valence-corrected chi connectivity index (χ3v) is 6.58. The van der Waals surface area contributed by atoms with Crippen molar-refractivity contribution in [1.29, 1.82) is 5.26 Å². The van der Waals surface area contributed by atoms with E-state index in [0.29, 0.717) is 6.54 Å². The molecule has 4 heteroatoms. The molecule has 1 amide bonds. The van der Waals surface area contributed by atoms with Gasteiger partial charge in [0, 0.05) is 29.8 Å². The van der Waals surface area contributed by atoms with Gasteiger partial charge in [0.1, 0.15) is 6.07 Å². The highest BCUT2D eigenvalue weighted by atomic mass is 16.2. The van der Waals surface area contributed by atoms with Crippen LogP contribution in [-0.4, -0.2) is 29.7 Å². The second kappa shape index (κ2) is 6.02. The molecule has 0 radical (unpaired) electrons. The van der Waals surface area contributed by atoms with E-state index < -0.39 is 5.41 Å². The number of amides is 1. The van der Waals surface area contributed by atoms with E-state index in [0.717, 1.165) is 38.6 Å². The van der Waals surface area contributed by atoms with Gasteiger partial charge >= 0.3 is 0 Å². The molecule has 1 aliphatic heterocycles. The number of likely N-dealkylation sites (tertiary alicyclic amines) is 1. The van der Waals surface area contributed by atoms with Crippen molar-refractivity contribution < 1.29 is 9.59 Å². The van der Waals surface area contributed by atoms with Crippen LogP contribution in [0.3, 0.4) is 0 Å². The molecule has 0 N–H and O–H groups in total. The summed E-state index contributed by atoms with van der Waals surface area (Å²) in [5.74, 6) is 0.608. The Kier molecular flexibility index (Phi) is 4.32. The molecule has 0 aromatic carbocycles. The summed E-state index contributed by atoms with van der Waals surface area (Å²) in [6, 6.07) is 2.08. The summed E-state index contributed by atoms with van der Waals surface area (Å²) >= 11 is 0. The van der Waals surface area contributed by atoms with Crippen molar-refractivity contribution in [3.8, 4) is 6.07 Å². The van der Waals surface area contributed by atoms with Crippen LogP contribution in [0.15, 0.2) is 11.6 Å². The van der Waals surface area contributed by atoms with Crippen molar-refractivity contribution in [2.75, 3.05) is 13.1 Å². The Balaban J connectivity index is 1.85. The summed E-state index contributed by atoms with van der Waals surface area (Å²) in [4.78, 5) is 27.5. The Morgan fingerprint density at radius 2 is 1.88 bits per heavy atom. The van der Waals surface area contributed by atoms with E-state index in [2.05, 4.69) is 13.0 Å². The van der Waals surface area contributed by atoms with Gasteiger partial charge in [-0.1, -0.05) is 46.1 Å². The van der Waals surface area contributed by atoms with Gasteiger partial charge < -0.3 is 4.90 Å². The third kappa shape index (κ3) is 2.68. The van der Waals surface area contributed by atoms with E-state index in [1.807, 2.05) is 24.8 Å². The van der Waals surface area contributed by atoms with Crippen molar-refractivity contribution >= 4 is 11.7 Å². The molecule has 1 saturated carbocycles. The SMILES string of the molecule is CC1(C)C(=O)C(C#N)=C[C@]2(C)CN(C(=O)C3CCCCC3)CC[C@@H]12. The summed E-state index contributed by atoms with van der Waals surface area (Å²) in [5.41, 5.74) is -0.551. The van der Waals surface area contributed by atoms with Crippen molar-refractivity contribution in [1.82, 2.24) is 4.90 Å². The van der Waals surface area contributed by atoms with Crippen molar-refractivity contribution in [2.45, 2.75) is 59.3 Å². The van der Waals surface area contributed by atoms with Gasteiger partial charge in [0.2, 0.25) is 5.91 Å². The number of hydrogen-bond acceptors (Lipinski definition) is 3. The highest BCUT2D eigenvalue weighted by molar-refractivity contribution is 6.04. The second-order valence-electron chi connectivity index (χ2n) is 8.66. The topological polar surface area (TPSA) is 61.2 Å². The normalized spacial score (nSPS) is 33.4. The number of nitriles is 1. The van der Waals surface area contributed by atoms with Gasteiger partial charge in [-0.15, -0.1) is 0 Å². The zero-order valence-electron chi connectivity index (χ0n) is 15.1. The summed E-state index contributed by atoms with van der Waals surface area (Å²) in [5, 5.41) is 9.36. The number of Topliss-reactive ketones (excluding diaryl/α,β-unsaturated/α-hetero) is 1. The fourth-order valence-corrected chi connectivity index (χ4v) is 5.33. The van der Waals surface area contributed by atoms with Crippen LogP contribution in [0.4, 0.5) is 0 Å². The first-order chi connectivity index (χ1) is 11.3. The second-order valence-corrected chi connectivity index (χ2v) is 8.66. The fourth-order valence-electron chi connectivity index (χ4n) is 5.33. The molecule has 2 fully saturated rings. The lowest BCUT2D eigenvalue weighted by Gasteiger charge is -2.53. The van der Waals surface area contributed by atoms with Gasteiger partial charge in [-0.2, -0.15) is 5.26 Å². The van der Waals surface area contributed by atoms with Gasteiger partial charge in [-0.05, 0) is 25.2 Å². The highest BCUT2D eigenvalue weighted by Crippen LogP contribution is 2.52. The molecule has 3 aliphatic rings. The van der Waals surface area contributed by atoms with Crippen molar-refractivity contribution in [3.05, 3.63) is 11.6 Å². The van der Waals surface area contributed by atoms with E-state index in [1.54, 1.807) is 0 Å². The Bertz CT molecular complexity index is 622. The summed E-state index contributed by atoms with van der Waals surface area (Å²) < 4.78 is 0. The number of rotatable bonds is 1. The maximum absolute atomic E-state index is 12.9. The number of allylic oxidation sites excluding steroid dienone is 1. The molecule has 24 heavy (non-hydrogen) atoms. The van der Waals surface area contributed by atoms with Gasteiger partial charge in [0.05, 0.1) is 5.57 Å². The van der Waals surface area contributed by atoms with Crippen LogP contribution in [-0.2, 0) is 9.59 Å². The zero-order chi connectivity index (χ0) is 17.5. The molecule has 3 rings (SSSR count). The summed E-state index contributed by atoms with van der Waals surface area (Å²) in [7, 11) is 0. The van der Waals surface area contributed by atoms with Crippen molar-refractivity contribution in [3.63, 3.8) is 0 Å². The van der Waals surface area contributed by atoms with Gasteiger partial charge in [-0.25, -0.2) is 0 Å². The van der Waals surface area contributed by atoms with Crippen LogP contribution in [0, 0.1) is 34.0 Å². The fraction of sp³-hybridized carbons (Fsp3) is 0.750. The molecule has 0 aromatic heterocycles. The molecule has 0 unspecified atom stereocenters. The highest BCUT2D eigenvalue weighted by Gasteiger charge is 2.54. The Morgan fingerprint density at radius 3 is 2.50 bits per heavy atom. The standard InChI is InChI=1S/C20H28N2O2/c1-19(2)16-9-10-22(18(24)14-7-5-4-6-8-14)13-20(16,3)11-15(12-21)17(19)23/h11,14,16H,4-10,13H2,1-3H3/t16-,20+/m0/s1. The molecule has 0 spiro atoms. The number of nitrogens with zero attached hydrogens (tertiary/aromatic N) is 2. The molecule has 130 valence electrons. The predicted molar refractivity (Wildman–Crippen MR) is 91.9 cm³/mol. The smallest absolute Gasteiger partial charge is 0.225 e. The maximum Gasteiger partial charge on any atom is 0.225 e. The number of hydrogen-bond donors (Lipinski definition) is 0. The van der Waals surface area contributed by atoms with Gasteiger partial charge in [0.15, 0.2) is 5.78 Å². The zero-order valence-corrected chi connectivity index (χ0v) is 15.1. The first kappa shape index (κ1) is 17.2. The summed E-state index contributed by atoms with van der Waals surface area (Å²) in [6.45, 7) is 7.41. The quantitative estimate of drug-likeness (QED) is 0.740.